The SMILES string of the molecule is CCC(C)[C@H](N)c1c(F)cccc1Br.Cl. The van der Waals surface area contributed by atoms with Gasteiger partial charge in [0.25, 0.3) is 0 Å². The minimum absolute atomic E-state index is 0. The van der Waals surface area contributed by atoms with Crippen LogP contribution in [-0.4, -0.2) is 0 Å². The Bertz CT molecular complexity index is 299. The van der Waals surface area contributed by atoms with E-state index in [1.165, 1.54) is 6.07 Å². The number of halogens is 3. The van der Waals surface area contributed by atoms with E-state index in [0.717, 1.165) is 10.9 Å². The molecule has 2 N–H and O–H groups in total. The summed E-state index contributed by atoms with van der Waals surface area (Å²) in [5, 5.41) is 0. The molecular weight excluding hydrogens is 280 g/mol. The van der Waals surface area contributed by atoms with Crippen LogP contribution >= 0.6 is 28.3 Å². The molecule has 0 aliphatic carbocycles. The number of benzene rings is 1. The zero-order valence-corrected chi connectivity index (χ0v) is 11.2. The van der Waals surface area contributed by atoms with E-state index in [-0.39, 0.29) is 30.2 Å². The molecule has 1 nitrogen and oxygen atoms in total. The van der Waals surface area contributed by atoms with Gasteiger partial charge < -0.3 is 5.73 Å². The lowest BCUT2D eigenvalue weighted by Gasteiger charge is -2.20. The minimum Gasteiger partial charge on any atom is -0.324 e. The molecule has 0 amide bonds. The van der Waals surface area contributed by atoms with Gasteiger partial charge in [-0.15, -0.1) is 12.4 Å². The summed E-state index contributed by atoms with van der Waals surface area (Å²) in [4.78, 5) is 0. The van der Waals surface area contributed by atoms with Crippen LogP contribution in [0.25, 0.3) is 0 Å². The maximum absolute atomic E-state index is 13.5. The predicted molar refractivity (Wildman–Crippen MR) is 67.7 cm³/mol. The third kappa shape index (κ3) is 3.44. The van der Waals surface area contributed by atoms with E-state index in [0.29, 0.717) is 5.56 Å². The summed E-state index contributed by atoms with van der Waals surface area (Å²) in [6, 6.07) is 4.70. The molecule has 0 aromatic heterocycles. The van der Waals surface area contributed by atoms with Gasteiger partial charge in [0.15, 0.2) is 0 Å². The van der Waals surface area contributed by atoms with Crippen LogP contribution in [0.15, 0.2) is 22.7 Å². The molecule has 0 fully saturated rings. The first kappa shape index (κ1) is 14.9. The van der Waals surface area contributed by atoms with Crippen LogP contribution in [0.2, 0.25) is 0 Å². The third-order valence-corrected chi connectivity index (χ3v) is 3.28. The van der Waals surface area contributed by atoms with Gasteiger partial charge in [0.05, 0.1) is 0 Å². The summed E-state index contributed by atoms with van der Waals surface area (Å²) in [7, 11) is 0. The Balaban J connectivity index is 0.00000196. The number of hydrogen-bond donors (Lipinski definition) is 1. The Hall–Kier alpha value is -0.120. The Kier molecular flexibility index (Phi) is 6.41. The highest BCUT2D eigenvalue weighted by Crippen LogP contribution is 2.30. The zero-order chi connectivity index (χ0) is 10.7. The quantitative estimate of drug-likeness (QED) is 0.894. The molecule has 15 heavy (non-hydrogen) atoms. The first-order valence-electron chi connectivity index (χ1n) is 4.77. The van der Waals surface area contributed by atoms with Gasteiger partial charge in [-0.2, -0.15) is 0 Å². The van der Waals surface area contributed by atoms with E-state index in [2.05, 4.69) is 22.9 Å². The van der Waals surface area contributed by atoms with Crippen molar-refractivity contribution in [2.45, 2.75) is 26.3 Å². The summed E-state index contributed by atoms with van der Waals surface area (Å²) in [6.45, 7) is 4.09. The predicted octanol–water partition coefficient (Wildman–Crippen LogP) is 4.06. The van der Waals surface area contributed by atoms with Crippen molar-refractivity contribution in [3.8, 4) is 0 Å². The summed E-state index contributed by atoms with van der Waals surface area (Å²) < 4.78 is 14.2. The third-order valence-electron chi connectivity index (χ3n) is 2.59. The summed E-state index contributed by atoms with van der Waals surface area (Å²) >= 11 is 3.33. The molecule has 0 bridgehead atoms. The van der Waals surface area contributed by atoms with Crippen molar-refractivity contribution >= 4 is 28.3 Å². The van der Waals surface area contributed by atoms with Crippen molar-refractivity contribution in [1.82, 2.24) is 0 Å². The van der Waals surface area contributed by atoms with Crippen LogP contribution in [-0.2, 0) is 0 Å². The molecule has 1 aromatic rings. The standard InChI is InChI=1S/C11H15BrFN.ClH/c1-3-7(2)11(14)10-8(12)5-4-6-9(10)13;/h4-7,11H,3,14H2,1-2H3;1H/t7?,11-;/m0./s1. The Labute approximate surface area is 105 Å². The van der Waals surface area contributed by atoms with E-state index in [9.17, 15) is 4.39 Å². The number of hydrogen-bond acceptors (Lipinski definition) is 1. The zero-order valence-electron chi connectivity index (χ0n) is 8.84. The summed E-state index contributed by atoms with van der Waals surface area (Å²) in [6.07, 6.45) is 0.946. The van der Waals surface area contributed by atoms with Gasteiger partial charge in [-0.25, -0.2) is 4.39 Å². The lowest BCUT2D eigenvalue weighted by molar-refractivity contribution is 0.438. The highest BCUT2D eigenvalue weighted by atomic mass is 79.9. The van der Waals surface area contributed by atoms with Gasteiger partial charge in [-0.1, -0.05) is 42.3 Å². The average Bonchev–Trinajstić information content (AvgIpc) is 2.16. The van der Waals surface area contributed by atoms with Crippen molar-refractivity contribution in [2.24, 2.45) is 11.7 Å². The van der Waals surface area contributed by atoms with Gasteiger partial charge in [-0.05, 0) is 18.1 Å². The Morgan fingerprint density at radius 3 is 2.53 bits per heavy atom. The van der Waals surface area contributed by atoms with Gasteiger partial charge in [0.2, 0.25) is 0 Å². The molecule has 0 radical (unpaired) electrons. The van der Waals surface area contributed by atoms with Crippen LogP contribution in [0.5, 0.6) is 0 Å². The minimum atomic E-state index is -0.240. The molecule has 4 heteroatoms. The van der Waals surface area contributed by atoms with Crippen molar-refractivity contribution in [2.75, 3.05) is 0 Å². The van der Waals surface area contributed by atoms with E-state index < -0.39 is 0 Å². The molecule has 0 heterocycles. The van der Waals surface area contributed by atoms with Crippen LogP contribution < -0.4 is 5.73 Å². The molecule has 0 spiro atoms. The lowest BCUT2D eigenvalue weighted by atomic mass is 9.93. The Morgan fingerprint density at radius 1 is 1.47 bits per heavy atom. The van der Waals surface area contributed by atoms with Crippen molar-refractivity contribution < 1.29 is 4.39 Å². The molecule has 0 aliphatic heterocycles. The highest BCUT2D eigenvalue weighted by Gasteiger charge is 2.19. The molecule has 1 unspecified atom stereocenters. The second-order valence-corrected chi connectivity index (χ2v) is 4.40. The number of nitrogens with two attached hydrogens (primary N) is 1. The monoisotopic (exact) mass is 295 g/mol. The highest BCUT2D eigenvalue weighted by molar-refractivity contribution is 9.10. The molecule has 0 saturated heterocycles. The molecule has 0 saturated carbocycles. The van der Waals surface area contributed by atoms with Crippen LogP contribution in [0.4, 0.5) is 4.39 Å². The van der Waals surface area contributed by atoms with Gasteiger partial charge in [-0.3, -0.25) is 0 Å². The van der Waals surface area contributed by atoms with Crippen LogP contribution in [0.3, 0.4) is 0 Å². The topological polar surface area (TPSA) is 26.0 Å². The molecule has 1 aromatic carbocycles. The number of rotatable bonds is 3. The van der Waals surface area contributed by atoms with E-state index in [4.69, 9.17) is 5.73 Å². The normalized spacial score (nSPS) is 14.2. The largest absolute Gasteiger partial charge is 0.324 e. The fourth-order valence-electron chi connectivity index (χ4n) is 1.37. The molecule has 86 valence electrons. The second kappa shape index (κ2) is 6.46. The van der Waals surface area contributed by atoms with Gasteiger partial charge in [0.1, 0.15) is 5.82 Å². The van der Waals surface area contributed by atoms with Gasteiger partial charge in [0, 0.05) is 16.1 Å². The Morgan fingerprint density at radius 2 is 2.07 bits per heavy atom. The fraction of sp³-hybridized carbons (Fsp3) is 0.455. The second-order valence-electron chi connectivity index (χ2n) is 3.55. The van der Waals surface area contributed by atoms with Crippen LogP contribution in [0, 0.1) is 11.7 Å². The lowest BCUT2D eigenvalue weighted by Crippen LogP contribution is -2.20. The maximum Gasteiger partial charge on any atom is 0.129 e. The van der Waals surface area contributed by atoms with Crippen LogP contribution in [0.1, 0.15) is 31.9 Å². The first-order valence-corrected chi connectivity index (χ1v) is 5.56. The van der Waals surface area contributed by atoms with Crippen molar-refractivity contribution in [3.05, 3.63) is 34.1 Å². The van der Waals surface area contributed by atoms with E-state index in [1.54, 1.807) is 6.07 Å². The summed E-state index contributed by atoms with van der Waals surface area (Å²) in [5.41, 5.74) is 6.57. The van der Waals surface area contributed by atoms with E-state index >= 15 is 0 Å². The summed E-state index contributed by atoms with van der Waals surface area (Å²) in [5.74, 6) is 0.0513. The molecule has 0 aliphatic rings. The first-order chi connectivity index (χ1) is 6.57. The van der Waals surface area contributed by atoms with Gasteiger partial charge >= 0.3 is 0 Å². The van der Waals surface area contributed by atoms with Crippen molar-refractivity contribution in [3.63, 3.8) is 0 Å². The molecular formula is C11H16BrClFN. The molecule has 1 rings (SSSR count). The molecule has 2 atom stereocenters. The van der Waals surface area contributed by atoms with Crippen molar-refractivity contribution in [1.29, 1.82) is 0 Å². The fourth-order valence-corrected chi connectivity index (χ4v) is 1.97. The average molecular weight is 297 g/mol. The van der Waals surface area contributed by atoms with E-state index in [1.807, 2.05) is 13.0 Å². The maximum atomic E-state index is 13.5. The smallest absolute Gasteiger partial charge is 0.129 e.